The Labute approximate surface area is 96.1 Å². The zero-order valence-corrected chi connectivity index (χ0v) is 9.95. The number of rotatable bonds is 2. The average Bonchev–Trinajstić information content (AvgIpc) is 3.00. The molecule has 1 aromatic rings. The Morgan fingerprint density at radius 1 is 1.44 bits per heavy atom. The number of aromatic nitrogens is 1. The van der Waals surface area contributed by atoms with Crippen LogP contribution in [0.25, 0.3) is 0 Å². The molecule has 84 valence electrons. The van der Waals surface area contributed by atoms with Crippen LogP contribution in [0.15, 0.2) is 12.3 Å². The molecule has 3 heteroatoms. The van der Waals surface area contributed by atoms with Gasteiger partial charge in [-0.25, -0.2) is 0 Å². The monoisotopic (exact) mass is 216 g/mol. The standard InChI is InChI=1S/C13H16N2O/c1-13(2,3)12-10(8-14)11(6-7-15-12)16-9-4-5-9/h6-7,9H,4-5H2,1-3H3. The summed E-state index contributed by atoms with van der Waals surface area (Å²) in [7, 11) is 0. The number of pyridine rings is 1. The molecule has 0 spiro atoms. The summed E-state index contributed by atoms with van der Waals surface area (Å²) < 4.78 is 5.72. The molecule has 0 amide bonds. The molecule has 3 nitrogen and oxygen atoms in total. The van der Waals surface area contributed by atoms with Gasteiger partial charge in [-0.05, 0) is 18.9 Å². The average molecular weight is 216 g/mol. The van der Waals surface area contributed by atoms with Crippen molar-refractivity contribution in [2.45, 2.75) is 45.1 Å². The van der Waals surface area contributed by atoms with Crippen LogP contribution in [0.2, 0.25) is 0 Å². The molecule has 16 heavy (non-hydrogen) atoms. The molecule has 1 aromatic heterocycles. The largest absolute Gasteiger partial charge is 0.489 e. The van der Waals surface area contributed by atoms with Gasteiger partial charge in [0, 0.05) is 11.6 Å². The van der Waals surface area contributed by atoms with Gasteiger partial charge in [0.1, 0.15) is 17.4 Å². The zero-order valence-electron chi connectivity index (χ0n) is 9.95. The van der Waals surface area contributed by atoms with E-state index in [0.717, 1.165) is 18.5 Å². The fourth-order valence-electron chi connectivity index (χ4n) is 1.58. The lowest BCUT2D eigenvalue weighted by Gasteiger charge is -2.20. The van der Waals surface area contributed by atoms with Gasteiger partial charge >= 0.3 is 0 Å². The van der Waals surface area contributed by atoms with Crippen LogP contribution in [0.3, 0.4) is 0 Å². The van der Waals surface area contributed by atoms with Gasteiger partial charge in [0.25, 0.3) is 0 Å². The lowest BCUT2D eigenvalue weighted by molar-refractivity contribution is 0.300. The van der Waals surface area contributed by atoms with Crippen LogP contribution in [0.1, 0.15) is 44.9 Å². The van der Waals surface area contributed by atoms with E-state index >= 15 is 0 Å². The van der Waals surface area contributed by atoms with Gasteiger partial charge in [0.2, 0.25) is 0 Å². The molecule has 0 N–H and O–H groups in total. The van der Waals surface area contributed by atoms with Crippen molar-refractivity contribution in [2.75, 3.05) is 0 Å². The van der Waals surface area contributed by atoms with Gasteiger partial charge in [-0.15, -0.1) is 0 Å². The smallest absolute Gasteiger partial charge is 0.140 e. The Morgan fingerprint density at radius 2 is 2.12 bits per heavy atom. The quantitative estimate of drug-likeness (QED) is 0.763. The minimum atomic E-state index is -0.131. The molecule has 2 rings (SSSR count). The predicted octanol–water partition coefficient (Wildman–Crippen LogP) is 2.79. The molecule has 1 aliphatic rings. The van der Waals surface area contributed by atoms with E-state index in [9.17, 15) is 5.26 Å². The second-order valence-electron chi connectivity index (χ2n) is 5.21. The Bertz CT molecular complexity index is 436. The van der Waals surface area contributed by atoms with Crippen molar-refractivity contribution in [3.63, 3.8) is 0 Å². The first kappa shape index (κ1) is 10.9. The van der Waals surface area contributed by atoms with Crippen molar-refractivity contribution >= 4 is 0 Å². The zero-order chi connectivity index (χ0) is 11.8. The normalized spacial score (nSPS) is 15.6. The maximum atomic E-state index is 9.23. The minimum absolute atomic E-state index is 0.131. The molecule has 0 radical (unpaired) electrons. The van der Waals surface area contributed by atoms with Crippen LogP contribution in [-0.4, -0.2) is 11.1 Å². The Kier molecular flexibility index (Phi) is 2.59. The summed E-state index contributed by atoms with van der Waals surface area (Å²) in [5, 5.41) is 9.23. The third-order valence-corrected chi connectivity index (χ3v) is 2.55. The molecule has 0 atom stereocenters. The van der Waals surface area contributed by atoms with Gasteiger partial charge < -0.3 is 4.74 Å². The molecular weight excluding hydrogens is 200 g/mol. The summed E-state index contributed by atoms with van der Waals surface area (Å²) in [6.45, 7) is 6.16. The highest BCUT2D eigenvalue weighted by atomic mass is 16.5. The fourth-order valence-corrected chi connectivity index (χ4v) is 1.58. The first-order valence-corrected chi connectivity index (χ1v) is 5.58. The van der Waals surface area contributed by atoms with Gasteiger partial charge in [0.15, 0.2) is 0 Å². The van der Waals surface area contributed by atoms with Crippen LogP contribution in [0.4, 0.5) is 0 Å². The Morgan fingerprint density at radius 3 is 2.62 bits per heavy atom. The van der Waals surface area contributed by atoms with Crippen LogP contribution in [-0.2, 0) is 5.41 Å². The highest BCUT2D eigenvalue weighted by molar-refractivity contribution is 5.48. The van der Waals surface area contributed by atoms with Crippen molar-refractivity contribution in [1.29, 1.82) is 5.26 Å². The topological polar surface area (TPSA) is 45.9 Å². The highest BCUT2D eigenvalue weighted by Crippen LogP contribution is 2.33. The predicted molar refractivity (Wildman–Crippen MR) is 61.3 cm³/mol. The molecule has 0 aliphatic heterocycles. The van der Waals surface area contributed by atoms with E-state index in [1.807, 2.05) is 0 Å². The van der Waals surface area contributed by atoms with Crippen molar-refractivity contribution in [1.82, 2.24) is 4.98 Å². The van der Waals surface area contributed by atoms with E-state index in [1.165, 1.54) is 0 Å². The molecule has 1 heterocycles. The third kappa shape index (κ3) is 2.16. The molecule has 1 aliphatic carbocycles. The second kappa shape index (κ2) is 3.79. The van der Waals surface area contributed by atoms with Gasteiger partial charge in [-0.1, -0.05) is 20.8 Å². The van der Waals surface area contributed by atoms with E-state index in [2.05, 4.69) is 31.8 Å². The Hall–Kier alpha value is -1.56. The van der Waals surface area contributed by atoms with Crippen LogP contribution in [0, 0.1) is 11.3 Å². The minimum Gasteiger partial charge on any atom is -0.489 e. The summed E-state index contributed by atoms with van der Waals surface area (Å²) >= 11 is 0. The molecule has 0 unspecified atom stereocenters. The maximum absolute atomic E-state index is 9.23. The van der Waals surface area contributed by atoms with Gasteiger partial charge in [-0.3, -0.25) is 4.98 Å². The second-order valence-corrected chi connectivity index (χ2v) is 5.21. The van der Waals surface area contributed by atoms with E-state index in [1.54, 1.807) is 12.3 Å². The van der Waals surface area contributed by atoms with E-state index in [0.29, 0.717) is 17.4 Å². The van der Waals surface area contributed by atoms with Crippen LogP contribution in [0.5, 0.6) is 5.75 Å². The highest BCUT2D eigenvalue weighted by Gasteiger charge is 2.27. The number of hydrogen-bond acceptors (Lipinski definition) is 3. The fraction of sp³-hybridized carbons (Fsp3) is 0.538. The molecule has 0 saturated heterocycles. The summed E-state index contributed by atoms with van der Waals surface area (Å²) in [5.41, 5.74) is 1.27. The van der Waals surface area contributed by atoms with Crippen molar-refractivity contribution < 1.29 is 4.74 Å². The molecule has 0 aromatic carbocycles. The summed E-state index contributed by atoms with van der Waals surface area (Å²) in [5.74, 6) is 0.685. The lowest BCUT2D eigenvalue weighted by atomic mass is 9.88. The lowest BCUT2D eigenvalue weighted by Crippen LogP contribution is -2.16. The van der Waals surface area contributed by atoms with E-state index in [-0.39, 0.29) is 5.41 Å². The Balaban J connectivity index is 2.42. The number of hydrogen-bond donors (Lipinski definition) is 0. The first-order chi connectivity index (χ1) is 7.52. The van der Waals surface area contributed by atoms with Crippen molar-refractivity contribution in [3.8, 4) is 11.8 Å². The maximum Gasteiger partial charge on any atom is 0.140 e. The molecule has 1 fully saturated rings. The van der Waals surface area contributed by atoms with Gasteiger partial charge in [-0.2, -0.15) is 5.26 Å². The molecular formula is C13H16N2O. The molecule has 1 saturated carbocycles. The number of ether oxygens (including phenoxy) is 1. The summed E-state index contributed by atoms with van der Waals surface area (Å²) in [4.78, 5) is 4.31. The summed E-state index contributed by atoms with van der Waals surface area (Å²) in [6.07, 6.45) is 4.22. The van der Waals surface area contributed by atoms with Crippen LogP contribution < -0.4 is 4.74 Å². The van der Waals surface area contributed by atoms with Crippen molar-refractivity contribution in [3.05, 3.63) is 23.5 Å². The van der Waals surface area contributed by atoms with Crippen molar-refractivity contribution in [2.24, 2.45) is 0 Å². The molecule has 0 bridgehead atoms. The SMILES string of the molecule is CC(C)(C)c1nccc(OC2CC2)c1C#N. The van der Waals surface area contributed by atoms with Crippen LogP contribution >= 0.6 is 0 Å². The summed E-state index contributed by atoms with van der Waals surface area (Å²) in [6, 6.07) is 4.00. The number of nitrogens with zero attached hydrogens (tertiary/aromatic N) is 2. The van der Waals surface area contributed by atoms with Gasteiger partial charge in [0.05, 0.1) is 11.8 Å². The number of nitriles is 1. The first-order valence-electron chi connectivity index (χ1n) is 5.58. The van der Waals surface area contributed by atoms with E-state index in [4.69, 9.17) is 4.74 Å². The third-order valence-electron chi connectivity index (χ3n) is 2.55. The van der Waals surface area contributed by atoms with E-state index < -0.39 is 0 Å².